The monoisotopic (exact) mass is 280 g/mol. The van der Waals surface area contributed by atoms with E-state index in [2.05, 4.69) is 22.8 Å². The maximum absolute atomic E-state index is 12.0. The SMILES string of the molecule is CN(CC1CCCCN1)C(=O)CCCc1cccs1. The molecule has 106 valence electrons. The first-order valence-corrected chi connectivity index (χ1v) is 8.13. The van der Waals surface area contributed by atoms with E-state index in [-0.39, 0.29) is 5.91 Å². The van der Waals surface area contributed by atoms with Gasteiger partial charge in [0.1, 0.15) is 0 Å². The van der Waals surface area contributed by atoms with Crippen LogP contribution < -0.4 is 5.32 Å². The van der Waals surface area contributed by atoms with Crippen molar-refractivity contribution in [3.05, 3.63) is 22.4 Å². The van der Waals surface area contributed by atoms with Crippen LogP contribution in [0.2, 0.25) is 0 Å². The van der Waals surface area contributed by atoms with Crippen molar-refractivity contribution >= 4 is 17.2 Å². The van der Waals surface area contributed by atoms with Gasteiger partial charge in [0, 0.05) is 30.9 Å². The molecule has 1 aliphatic heterocycles. The van der Waals surface area contributed by atoms with Gasteiger partial charge in [-0.1, -0.05) is 12.5 Å². The summed E-state index contributed by atoms with van der Waals surface area (Å²) in [7, 11) is 1.93. The molecule has 19 heavy (non-hydrogen) atoms. The lowest BCUT2D eigenvalue weighted by atomic mass is 10.0. The van der Waals surface area contributed by atoms with Gasteiger partial charge in [0.2, 0.25) is 5.91 Å². The van der Waals surface area contributed by atoms with Crippen molar-refractivity contribution < 1.29 is 4.79 Å². The van der Waals surface area contributed by atoms with E-state index in [1.165, 1.54) is 24.1 Å². The fourth-order valence-electron chi connectivity index (χ4n) is 2.57. The third kappa shape index (κ3) is 4.96. The molecule has 1 aliphatic rings. The van der Waals surface area contributed by atoms with Gasteiger partial charge in [-0.3, -0.25) is 4.79 Å². The topological polar surface area (TPSA) is 32.3 Å². The summed E-state index contributed by atoms with van der Waals surface area (Å²) in [5.41, 5.74) is 0. The van der Waals surface area contributed by atoms with E-state index in [1.807, 2.05) is 11.9 Å². The Labute approximate surface area is 120 Å². The third-order valence-corrected chi connectivity index (χ3v) is 4.66. The highest BCUT2D eigenvalue weighted by Crippen LogP contribution is 2.13. The maximum Gasteiger partial charge on any atom is 0.222 e. The molecule has 0 aliphatic carbocycles. The fraction of sp³-hybridized carbons (Fsp3) is 0.667. The normalized spacial score (nSPS) is 19.3. The quantitative estimate of drug-likeness (QED) is 0.869. The first kappa shape index (κ1) is 14.5. The van der Waals surface area contributed by atoms with Crippen LogP contribution in [0, 0.1) is 0 Å². The molecule has 2 heterocycles. The minimum Gasteiger partial charge on any atom is -0.344 e. The molecule has 1 fully saturated rings. The number of aryl methyl sites for hydroxylation is 1. The summed E-state index contributed by atoms with van der Waals surface area (Å²) >= 11 is 1.78. The Morgan fingerprint density at radius 3 is 3.11 bits per heavy atom. The molecule has 0 aromatic carbocycles. The highest BCUT2D eigenvalue weighted by Gasteiger charge is 2.17. The van der Waals surface area contributed by atoms with Crippen LogP contribution in [-0.2, 0) is 11.2 Å². The van der Waals surface area contributed by atoms with Gasteiger partial charge in [-0.05, 0) is 43.7 Å². The molecule has 0 bridgehead atoms. The largest absolute Gasteiger partial charge is 0.344 e. The van der Waals surface area contributed by atoms with Crippen molar-refractivity contribution in [3.8, 4) is 0 Å². The number of hydrogen-bond acceptors (Lipinski definition) is 3. The summed E-state index contributed by atoms with van der Waals surface area (Å²) in [6.07, 6.45) is 6.42. The summed E-state index contributed by atoms with van der Waals surface area (Å²) in [5, 5.41) is 5.59. The smallest absolute Gasteiger partial charge is 0.222 e. The number of rotatable bonds is 6. The molecule has 1 aromatic rings. The molecule has 4 heteroatoms. The summed E-state index contributed by atoms with van der Waals surface area (Å²) in [6.45, 7) is 1.96. The average molecular weight is 280 g/mol. The lowest BCUT2D eigenvalue weighted by Gasteiger charge is -2.28. The maximum atomic E-state index is 12.0. The second kappa shape index (κ2) is 7.65. The molecule has 1 aromatic heterocycles. The lowest BCUT2D eigenvalue weighted by molar-refractivity contribution is -0.130. The molecule has 1 amide bonds. The number of nitrogens with zero attached hydrogens (tertiary/aromatic N) is 1. The molecular weight excluding hydrogens is 256 g/mol. The van der Waals surface area contributed by atoms with Crippen molar-refractivity contribution in [3.63, 3.8) is 0 Å². The molecule has 1 N–H and O–H groups in total. The van der Waals surface area contributed by atoms with Gasteiger partial charge in [-0.15, -0.1) is 11.3 Å². The highest BCUT2D eigenvalue weighted by atomic mass is 32.1. The zero-order valence-electron chi connectivity index (χ0n) is 11.7. The minimum absolute atomic E-state index is 0.281. The molecule has 3 nitrogen and oxygen atoms in total. The Morgan fingerprint density at radius 1 is 1.53 bits per heavy atom. The highest BCUT2D eigenvalue weighted by molar-refractivity contribution is 7.09. The standard InChI is InChI=1S/C15H24N2OS/c1-17(12-13-6-2-3-10-16-13)15(18)9-4-7-14-8-5-11-19-14/h5,8,11,13,16H,2-4,6-7,9-10,12H2,1H3. The van der Waals surface area contributed by atoms with Gasteiger partial charge in [0.05, 0.1) is 0 Å². The predicted molar refractivity (Wildman–Crippen MR) is 80.5 cm³/mol. The summed E-state index contributed by atoms with van der Waals surface area (Å²) in [6, 6.07) is 4.72. The van der Waals surface area contributed by atoms with Crippen molar-refractivity contribution in [2.45, 2.75) is 44.6 Å². The number of carbonyl (C=O) groups excluding carboxylic acids is 1. The van der Waals surface area contributed by atoms with Gasteiger partial charge in [-0.2, -0.15) is 0 Å². The van der Waals surface area contributed by atoms with Crippen LogP contribution in [0.3, 0.4) is 0 Å². The minimum atomic E-state index is 0.281. The van der Waals surface area contributed by atoms with Gasteiger partial charge < -0.3 is 10.2 Å². The Balaban J connectivity index is 1.64. The first-order valence-electron chi connectivity index (χ1n) is 7.25. The number of nitrogens with one attached hydrogen (secondary N) is 1. The van der Waals surface area contributed by atoms with Crippen LogP contribution in [0.25, 0.3) is 0 Å². The number of piperidine rings is 1. The number of likely N-dealkylation sites (N-methyl/N-ethyl adjacent to an activating group) is 1. The van der Waals surface area contributed by atoms with Crippen LogP contribution in [0.4, 0.5) is 0 Å². The molecule has 2 rings (SSSR count). The second-order valence-electron chi connectivity index (χ2n) is 5.35. The molecule has 1 unspecified atom stereocenters. The van der Waals surface area contributed by atoms with Crippen LogP contribution in [-0.4, -0.2) is 37.0 Å². The summed E-state index contributed by atoms with van der Waals surface area (Å²) in [5.74, 6) is 0.281. The number of carbonyl (C=O) groups is 1. The Bertz CT molecular complexity index is 372. The molecule has 1 saturated heterocycles. The van der Waals surface area contributed by atoms with Gasteiger partial charge in [-0.25, -0.2) is 0 Å². The molecule has 0 radical (unpaired) electrons. The number of hydrogen-bond donors (Lipinski definition) is 1. The van der Waals surface area contributed by atoms with Crippen molar-refractivity contribution in [1.82, 2.24) is 10.2 Å². The van der Waals surface area contributed by atoms with Crippen molar-refractivity contribution in [2.24, 2.45) is 0 Å². The van der Waals surface area contributed by atoms with E-state index in [0.29, 0.717) is 12.5 Å². The molecular formula is C15H24N2OS. The molecule has 0 spiro atoms. The van der Waals surface area contributed by atoms with E-state index < -0.39 is 0 Å². The summed E-state index contributed by atoms with van der Waals surface area (Å²) in [4.78, 5) is 15.3. The van der Waals surface area contributed by atoms with Gasteiger partial charge in [0.25, 0.3) is 0 Å². The molecule has 0 saturated carbocycles. The lowest BCUT2D eigenvalue weighted by Crippen LogP contribution is -2.44. The average Bonchev–Trinajstić information content (AvgIpc) is 2.93. The van der Waals surface area contributed by atoms with Crippen LogP contribution >= 0.6 is 11.3 Å². The van der Waals surface area contributed by atoms with Crippen LogP contribution in [0.1, 0.15) is 37.0 Å². The third-order valence-electron chi connectivity index (χ3n) is 3.73. The number of amides is 1. The van der Waals surface area contributed by atoms with Gasteiger partial charge >= 0.3 is 0 Å². The van der Waals surface area contributed by atoms with E-state index in [9.17, 15) is 4.79 Å². The van der Waals surface area contributed by atoms with E-state index >= 15 is 0 Å². The van der Waals surface area contributed by atoms with E-state index in [0.717, 1.165) is 25.9 Å². The van der Waals surface area contributed by atoms with Crippen molar-refractivity contribution in [1.29, 1.82) is 0 Å². The fourth-order valence-corrected chi connectivity index (χ4v) is 3.32. The summed E-state index contributed by atoms with van der Waals surface area (Å²) < 4.78 is 0. The van der Waals surface area contributed by atoms with Crippen LogP contribution in [0.5, 0.6) is 0 Å². The first-order chi connectivity index (χ1) is 9.25. The van der Waals surface area contributed by atoms with Gasteiger partial charge in [0.15, 0.2) is 0 Å². The zero-order chi connectivity index (χ0) is 13.5. The molecule has 1 atom stereocenters. The predicted octanol–water partition coefficient (Wildman–Crippen LogP) is 2.67. The van der Waals surface area contributed by atoms with Crippen molar-refractivity contribution in [2.75, 3.05) is 20.1 Å². The Kier molecular flexibility index (Phi) is 5.86. The van der Waals surface area contributed by atoms with E-state index in [1.54, 1.807) is 11.3 Å². The van der Waals surface area contributed by atoms with E-state index in [4.69, 9.17) is 0 Å². The number of thiophene rings is 1. The zero-order valence-corrected chi connectivity index (χ0v) is 12.5. The second-order valence-corrected chi connectivity index (χ2v) is 6.39. The Hall–Kier alpha value is -0.870. The Morgan fingerprint density at radius 2 is 2.42 bits per heavy atom. The van der Waals surface area contributed by atoms with Crippen LogP contribution in [0.15, 0.2) is 17.5 Å².